The molecule has 0 saturated heterocycles. The molecule has 1 aromatic heterocycles. The third kappa shape index (κ3) is 4.24. The van der Waals surface area contributed by atoms with E-state index in [2.05, 4.69) is 35.1 Å². The number of nitriles is 1. The minimum atomic E-state index is -0.355. The molecule has 0 bridgehead atoms. The number of hydrogen-bond acceptors (Lipinski definition) is 4. The van der Waals surface area contributed by atoms with Crippen molar-refractivity contribution in [1.82, 2.24) is 4.98 Å². The van der Waals surface area contributed by atoms with E-state index in [0.29, 0.717) is 0 Å². The summed E-state index contributed by atoms with van der Waals surface area (Å²) in [6.45, 7) is 4.09. The van der Waals surface area contributed by atoms with Crippen LogP contribution < -0.4 is 0 Å². The third-order valence-electron chi connectivity index (χ3n) is 3.20. The molecule has 2 rings (SSSR count). The molecule has 3 nitrogen and oxygen atoms in total. The molecule has 108 valence electrons. The van der Waals surface area contributed by atoms with Gasteiger partial charge in [0.05, 0.1) is 12.1 Å². The molecule has 0 aliphatic rings. The van der Waals surface area contributed by atoms with E-state index in [-0.39, 0.29) is 12.0 Å². The molecule has 0 aliphatic carbocycles. The van der Waals surface area contributed by atoms with Crippen molar-refractivity contribution < 1.29 is 0 Å². The first kappa shape index (κ1) is 15.4. The molecule has 0 spiro atoms. The lowest BCUT2D eigenvalue weighted by molar-refractivity contribution is 0.641. The van der Waals surface area contributed by atoms with Crippen LogP contribution in [-0.4, -0.2) is 11.2 Å². The zero-order valence-corrected chi connectivity index (χ0v) is 13.2. The fourth-order valence-corrected chi connectivity index (χ4v) is 2.93. The van der Waals surface area contributed by atoms with Gasteiger partial charge in [-0.1, -0.05) is 43.7 Å². The number of thiazole rings is 1. The number of aryl methyl sites for hydroxylation is 1. The van der Waals surface area contributed by atoms with Gasteiger partial charge in [0.25, 0.3) is 0 Å². The van der Waals surface area contributed by atoms with Gasteiger partial charge in [0, 0.05) is 17.3 Å². The number of hydrogen-bond donors (Lipinski definition) is 0. The van der Waals surface area contributed by atoms with Gasteiger partial charge in [-0.05, 0) is 18.9 Å². The maximum atomic E-state index is 9.33. The Balaban J connectivity index is 2.17. The monoisotopic (exact) mass is 297 g/mol. The summed E-state index contributed by atoms with van der Waals surface area (Å²) in [5.41, 5.74) is 2.15. The van der Waals surface area contributed by atoms with Crippen molar-refractivity contribution in [2.24, 2.45) is 4.99 Å². The van der Waals surface area contributed by atoms with Crippen LogP contribution in [0.25, 0.3) is 0 Å². The van der Waals surface area contributed by atoms with Gasteiger partial charge >= 0.3 is 0 Å². The Bertz CT molecular complexity index is 625. The minimum Gasteiger partial charge on any atom is -0.288 e. The molecule has 1 aromatic carbocycles. The quantitative estimate of drug-likeness (QED) is 0.727. The van der Waals surface area contributed by atoms with E-state index in [9.17, 15) is 5.26 Å². The first-order chi connectivity index (χ1) is 10.2. The zero-order valence-electron chi connectivity index (χ0n) is 12.4. The predicted molar refractivity (Wildman–Crippen MR) is 87.8 cm³/mol. The summed E-state index contributed by atoms with van der Waals surface area (Å²) in [5, 5.41) is 12.1. The summed E-state index contributed by atoms with van der Waals surface area (Å²) in [7, 11) is 0. The van der Waals surface area contributed by atoms with Gasteiger partial charge in [-0.15, -0.1) is 11.3 Å². The van der Waals surface area contributed by atoms with Crippen LogP contribution in [0.15, 0.2) is 40.7 Å². The molecule has 21 heavy (non-hydrogen) atoms. The highest BCUT2D eigenvalue weighted by molar-refractivity contribution is 7.09. The van der Waals surface area contributed by atoms with Crippen molar-refractivity contribution in [3.05, 3.63) is 52.0 Å². The number of aliphatic imine (C=N–C) groups is 1. The van der Waals surface area contributed by atoms with E-state index >= 15 is 0 Å². The standard InChI is InChI=1S/C17H19N3S/c1-3-7-16(14-8-5-4-6-9-14)19-11-15(10-18)17-20-13(2)12-21-17/h4-6,8-9,11-12,15-16H,3,7H2,1-2H3/t15?,16-/m0/s1. The molecule has 1 heterocycles. The van der Waals surface area contributed by atoms with E-state index in [1.165, 1.54) is 16.9 Å². The first-order valence-corrected chi connectivity index (χ1v) is 8.02. The highest BCUT2D eigenvalue weighted by atomic mass is 32.1. The smallest absolute Gasteiger partial charge is 0.133 e. The van der Waals surface area contributed by atoms with Gasteiger partial charge in [-0.3, -0.25) is 4.99 Å². The topological polar surface area (TPSA) is 49.0 Å². The largest absolute Gasteiger partial charge is 0.288 e. The van der Waals surface area contributed by atoms with Gasteiger partial charge in [0.2, 0.25) is 0 Å². The molecule has 2 aromatic rings. The van der Waals surface area contributed by atoms with E-state index in [0.717, 1.165) is 23.5 Å². The Labute approximate surface area is 130 Å². The Hall–Kier alpha value is -1.99. The van der Waals surface area contributed by atoms with E-state index < -0.39 is 0 Å². The van der Waals surface area contributed by atoms with Crippen LogP contribution in [0.4, 0.5) is 0 Å². The Morgan fingerprint density at radius 2 is 2.14 bits per heavy atom. The fraction of sp³-hybridized carbons (Fsp3) is 0.353. The molecule has 1 unspecified atom stereocenters. The third-order valence-corrected chi connectivity index (χ3v) is 4.25. The second kappa shape index (κ2) is 7.70. The molecule has 0 N–H and O–H groups in total. The normalized spacial score (nSPS) is 14.0. The van der Waals surface area contributed by atoms with Crippen molar-refractivity contribution in [2.75, 3.05) is 0 Å². The molecule has 0 aliphatic heterocycles. The second-order valence-electron chi connectivity index (χ2n) is 4.95. The molecule has 0 saturated carbocycles. The van der Waals surface area contributed by atoms with Crippen molar-refractivity contribution in [3.8, 4) is 6.07 Å². The molecule has 2 atom stereocenters. The van der Waals surface area contributed by atoms with Crippen molar-refractivity contribution in [1.29, 1.82) is 5.26 Å². The SMILES string of the molecule is CCC[C@H](N=CC(C#N)c1nc(C)cs1)c1ccccc1. The predicted octanol–water partition coefficient (Wildman–Crippen LogP) is 4.67. The van der Waals surface area contributed by atoms with Crippen LogP contribution in [0, 0.1) is 18.3 Å². The Morgan fingerprint density at radius 3 is 2.71 bits per heavy atom. The minimum absolute atomic E-state index is 0.119. The van der Waals surface area contributed by atoms with Gasteiger partial charge in [0.1, 0.15) is 10.9 Å². The summed E-state index contributed by atoms with van der Waals surface area (Å²) >= 11 is 1.52. The van der Waals surface area contributed by atoms with Gasteiger partial charge in [0.15, 0.2) is 0 Å². The van der Waals surface area contributed by atoms with Gasteiger partial charge in [-0.25, -0.2) is 4.98 Å². The summed E-state index contributed by atoms with van der Waals surface area (Å²) in [5.74, 6) is -0.355. The van der Waals surface area contributed by atoms with Crippen molar-refractivity contribution >= 4 is 17.6 Å². The Kier molecular flexibility index (Phi) is 5.65. The second-order valence-corrected chi connectivity index (χ2v) is 5.84. The van der Waals surface area contributed by atoms with E-state index in [4.69, 9.17) is 0 Å². The average molecular weight is 297 g/mol. The first-order valence-electron chi connectivity index (χ1n) is 7.14. The van der Waals surface area contributed by atoms with Crippen LogP contribution in [0.2, 0.25) is 0 Å². The Morgan fingerprint density at radius 1 is 1.38 bits per heavy atom. The van der Waals surface area contributed by atoms with Crippen LogP contribution in [0.5, 0.6) is 0 Å². The van der Waals surface area contributed by atoms with Crippen molar-refractivity contribution in [3.63, 3.8) is 0 Å². The summed E-state index contributed by atoms with van der Waals surface area (Å²) in [6.07, 6.45) is 3.80. The lowest BCUT2D eigenvalue weighted by Crippen LogP contribution is -2.01. The van der Waals surface area contributed by atoms with Crippen LogP contribution >= 0.6 is 11.3 Å². The zero-order chi connectivity index (χ0) is 15.1. The molecule has 0 radical (unpaired) electrons. The number of aromatic nitrogens is 1. The number of benzene rings is 1. The van der Waals surface area contributed by atoms with Gasteiger partial charge < -0.3 is 0 Å². The van der Waals surface area contributed by atoms with Crippen LogP contribution in [-0.2, 0) is 0 Å². The van der Waals surface area contributed by atoms with Crippen molar-refractivity contribution in [2.45, 2.75) is 38.6 Å². The summed E-state index contributed by atoms with van der Waals surface area (Å²) < 4.78 is 0. The summed E-state index contributed by atoms with van der Waals surface area (Å²) in [6, 6.07) is 12.6. The average Bonchev–Trinajstić information content (AvgIpc) is 2.94. The molecule has 4 heteroatoms. The molecule has 0 fully saturated rings. The summed E-state index contributed by atoms with van der Waals surface area (Å²) in [4.78, 5) is 9.04. The van der Waals surface area contributed by atoms with Crippen LogP contribution in [0.3, 0.4) is 0 Å². The van der Waals surface area contributed by atoms with Gasteiger partial charge in [-0.2, -0.15) is 5.26 Å². The van der Waals surface area contributed by atoms with E-state index in [1.807, 2.05) is 30.5 Å². The lowest BCUT2D eigenvalue weighted by Gasteiger charge is -2.12. The lowest BCUT2D eigenvalue weighted by atomic mass is 10.0. The number of rotatable bonds is 6. The highest BCUT2D eigenvalue weighted by Crippen LogP contribution is 2.24. The van der Waals surface area contributed by atoms with Crippen LogP contribution in [0.1, 0.15) is 48.0 Å². The van der Waals surface area contributed by atoms with E-state index in [1.54, 1.807) is 6.21 Å². The number of nitrogens with zero attached hydrogens (tertiary/aromatic N) is 3. The maximum absolute atomic E-state index is 9.33. The maximum Gasteiger partial charge on any atom is 0.133 e. The molecular formula is C17H19N3S. The molecule has 0 amide bonds. The molecular weight excluding hydrogens is 278 g/mol. The fourth-order valence-electron chi connectivity index (χ4n) is 2.13. The highest BCUT2D eigenvalue weighted by Gasteiger charge is 2.14.